The standard InChI is InChI=1S/C17H26N4O.HI/c1-4-13-6-5-7-15-14(10-20-16(13)15)8-9-19-17(18)21-12(2)11-22-3;/h5-7,10,12,20H,4,8-9,11H2,1-3H3,(H3,18,19,21);1H. The van der Waals surface area contributed by atoms with E-state index in [1.54, 1.807) is 7.11 Å². The van der Waals surface area contributed by atoms with Crippen molar-refractivity contribution in [3.8, 4) is 0 Å². The summed E-state index contributed by atoms with van der Waals surface area (Å²) in [7, 11) is 1.67. The fourth-order valence-electron chi connectivity index (χ4n) is 2.66. The highest BCUT2D eigenvalue weighted by molar-refractivity contribution is 14.0. The van der Waals surface area contributed by atoms with Gasteiger partial charge in [0.1, 0.15) is 0 Å². The van der Waals surface area contributed by atoms with Gasteiger partial charge in [-0.1, -0.05) is 25.1 Å². The van der Waals surface area contributed by atoms with Gasteiger partial charge in [0.05, 0.1) is 6.61 Å². The number of aromatic nitrogens is 1. The number of nitrogens with two attached hydrogens (primary N) is 1. The molecular formula is C17H27IN4O. The molecule has 0 amide bonds. The van der Waals surface area contributed by atoms with Crippen LogP contribution in [0, 0.1) is 0 Å². The molecule has 0 spiro atoms. The number of methoxy groups -OCH3 is 1. The molecule has 1 aromatic heterocycles. The van der Waals surface area contributed by atoms with Crippen LogP contribution >= 0.6 is 24.0 Å². The number of aliphatic imine (C=N–C) groups is 1. The fraction of sp³-hybridized carbons (Fsp3) is 0.471. The van der Waals surface area contributed by atoms with E-state index in [1.165, 1.54) is 22.0 Å². The number of benzene rings is 1. The minimum Gasteiger partial charge on any atom is -0.383 e. The number of rotatable bonds is 7. The molecule has 4 N–H and O–H groups in total. The summed E-state index contributed by atoms with van der Waals surface area (Å²) in [6.45, 7) is 5.46. The number of guanidine groups is 1. The molecule has 0 bridgehead atoms. The van der Waals surface area contributed by atoms with Crippen molar-refractivity contribution >= 4 is 40.8 Å². The molecule has 128 valence electrons. The highest BCUT2D eigenvalue weighted by atomic mass is 127. The van der Waals surface area contributed by atoms with Gasteiger partial charge >= 0.3 is 0 Å². The molecule has 1 atom stereocenters. The Hall–Kier alpha value is -1.28. The topological polar surface area (TPSA) is 75.4 Å². The molecule has 2 aromatic rings. The van der Waals surface area contributed by atoms with E-state index in [0.29, 0.717) is 19.1 Å². The third-order valence-electron chi connectivity index (χ3n) is 3.74. The quantitative estimate of drug-likeness (QED) is 0.359. The summed E-state index contributed by atoms with van der Waals surface area (Å²) in [6.07, 6.45) is 3.98. The molecule has 1 aromatic carbocycles. The zero-order valence-corrected chi connectivity index (χ0v) is 16.4. The minimum absolute atomic E-state index is 0. The smallest absolute Gasteiger partial charge is 0.188 e. The van der Waals surface area contributed by atoms with Crippen LogP contribution in [0.4, 0.5) is 0 Å². The number of aromatic amines is 1. The number of nitrogens with zero attached hydrogens (tertiary/aromatic N) is 1. The maximum atomic E-state index is 5.88. The van der Waals surface area contributed by atoms with Gasteiger partial charge in [-0.05, 0) is 30.9 Å². The van der Waals surface area contributed by atoms with Gasteiger partial charge in [0.25, 0.3) is 0 Å². The highest BCUT2D eigenvalue weighted by Gasteiger charge is 2.06. The van der Waals surface area contributed by atoms with Crippen LogP contribution in [0.2, 0.25) is 0 Å². The first-order valence-corrected chi connectivity index (χ1v) is 7.79. The Bertz CT molecular complexity index is 639. The Morgan fingerprint density at radius 1 is 1.39 bits per heavy atom. The molecule has 0 fully saturated rings. The number of aryl methyl sites for hydroxylation is 1. The molecule has 23 heavy (non-hydrogen) atoms. The molecule has 0 saturated carbocycles. The van der Waals surface area contributed by atoms with Crippen LogP contribution in [0.15, 0.2) is 29.4 Å². The van der Waals surface area contributed by atoms with E-state index in [4.69, 9.17) is 10.5 Å². The van der Waals surface area contributed by atoms with Gasteiger partial charge in [0.15, 0.2) is 5.96 Å². The van der Waals surface area contributed by atoms with E-state index in [2.05, 4.69) is 46.6 Å². The lowest BCUT2D eigenvalue weighted by Crippen LogP contribution is -2.40. The van der Waals surface area contributed by atoms with Crippen LogP contribution in [0.1, 0.15) is 25.0 Å². The van der Waals surface area contributed by atoms with Gasteiger partial charge in [-0.2, -0.15) is 0 Å². The van der Waals surface area contributed by atoms with Crippen LogP contribution in [-0.4, -0.2) is 37.2 Å². The monoisotopic (exact) mass is 430 g/mol. The summed E-state index contributed by atoms with van der Waals surface area (Å²) >= 11 is 0. The molecule has 2 rings (SSSR count). The van der Waals surface area contributed by atoms with Gasteiger partial charge in [-0.25, -0.2) is 0 Å². The molecular weight excluding hydrogens is 403 g/mol. The van der Waals surface area contributed by atoms with Gasteiger partial charge < -0.3 is 20.8 Å². The lowest BCUT2D eigenvalue weighted by molar-refractivity contribution is 0.179. The van der Waals surface area contributed by atoms with Gasteiger partial charge in [0, 0.05) is 36.8 Å². The second-order valence-electron chi connectivity index (χ2n) is 5.52. The number of fused-ring (bicyclic) bond motifs is 1. The van der Waals surface area contributed by atoms with Crippen LogP contribution < -0.4 is 11.1 Å². The van der Waals surface area contributed by atoms with Crippen molar-refractivity contribution in [3.63, 3.8) is 0 Å². The lowest BCUT2D eigenvalue weighted by Gasteiger charge is -2.12. The summed E-state index contributed by atoms with van der Waals surface area (Å²) < 4.78 is 5.06. The van der Waals surface area contributed by atoms with Crippen LogP contribution in [0.5, 0.6) is 0 Å². The number of ether oxygens (including phenoxy) is 1. The molecule has 6 heteroatoms. The first kappa shape index (κ1) is 19.8. The fourth-order valence-corrected chi connectivity index (χ4v) is 2.66. The van der Waals surface area contributed by atoms with Crippen molar-refractivity contribution in [3.05, 3.63) is 35.5 Å². The van der Waals surface area contributed by atoms with Crippen molar-refractivity contribution in [1.29, 1.82) is 0 Å². The second-order valence-corrected chi connectivity index (χ2v) is 5.52. The van der Waals surface area contributed by atoms with E-state index < -0.39 is 0 Å². The van der Waals surface area contributed by atoms with E-state index >= 15 is 0 Å². The SMILES string of the molecule is CCc1cccc2c(CCN=C(N)NC(C)COC)c[nH]c12.I. The number of para-hydroxylation sites is 1. The maximum Gasteiger partial charge on any atom is 0.188 e. The van der Waals surface area contributed by atoms with Gasteiger partial charge in [-0.3, -0.25) is 4.99 Å². The number of halogens is 1. The Kier molecular flexibility index (Phi) is 8.40. The Balaban J connectivity index is 0.00000264. The van der Waals surface area contributed by atoms with E-state index in [9.17, 15) is 0 Å². The lowest BCUT2D eigenvalue weighted by atomic mass is 10.1. The van der Waals surface area contributed by atoms with Gasteiger partial charge in [-0.15, -0.1) is 24.0 Å². The molecule has 0 aliphatic carbocycles. The normalized spacial score (nSPS) is 12.9. The highest BCUT2D eigenvalue weighted by Crippen LogP contribution is 2.22. The third kappa shape index (κ3) is 5.39. The average molecular weight is 430 g/mol. The Morgan fingerprint density at radius 2 is 2.17 bits per heavy atom. The maximum absolute atomic E-state index is 5.88. The van der Waals surface area contributed by atoms with Crippen molar-refractivity contribution < 1.29 is 4.74 Å². The van der Waals surface area contributed by atoms with Crippen LogP contribution in [0.25, 0.3) is 10.9 Å². The van der Waals surface area contributed by atoms with Crippen LogP contribution in [-0.2, 0) is 17.6 Å². The van der Waals surface area contributed by atoms with Crippen molar-refractivity contribution in [1.82, 2.24) is 10.3 Å². The first-order chi connectivity index (χ1) is 10.7. The van der Waals surface area contributed by atoms with E-state index in [-0.39, 0.29) is 30.0 Å². The zero-order chi connectivity index (χ0) is 15.9. The van der Waals surface area contributed by atoms with Crippen molar-refractivity contribution in [2.24, 2.45) is 10.7 Å². The minimum atomic E-state index is 0. The zero-order valence-electron chi connectivity index (χ0n) is 14.1. The summed E-state index contributed by atoms with van der Waals surface area (Å²) in [5.74, 6) is 0.471. The second kappa shape index (κ2) is 9.77. The number of hydrogen-bond donors (Lipinski definition) is 3. The molecule has 0 radical (unpaired) electrons. The predicted octanol–water partition coefficient (Wildman–Crippen LogP) is 2.83. The average Bonchev–Trinajstić information content (AvgIpc) is 2.90. The molecule has 5 nitrogen and oxygen atoms in total. The molecule has 0 aliphatic rings. The molecule has 0 aliphatic heterocycles. The number of nitrogens with one attached hydrogen (secondary N) is 2. The molecule has 1 heterocycles. The largest absolute Gasteiger partial charge is 0.383 e. The van der Waals surface area contributed by atoms with E-state index in [1.807, 2.05) is 6.92 Å². The molecule has 0 saturated heterocycles. The van der Waals surface area contributed by atoms with Crippen molar-refractivity contribution in [2.75, 3.05) is 20.3 Å². The predicted molar refractivity (Wildman–Crippen MR) is 108 cm³/mol. The van der Waals surface area contributed by atoms with Crippen LogP contribution in [0.3, 0.4) is 0 Å². The third-order valence-corrected chi connectivity index (χ3v) is 3.74. The Labute approximate surface area is 155 Å². The summed E-state index contributed by atoms with van der Waals surface area (Å²) in [5, 5.41) is 4.40. The summed E-state index contributed by atoms with van der Waals surface area (Å²) in [4.78, 5) is 7.77. The van der Waals surface area contributed by atoms with Crippen molar-refractivity contribution in [2.45, 2.75) is 32.7 Å². The molecule has 1 unspecified atom stereocenters. The Morgan fingerprint density at radius 3 is 2.87 bits per heavy atom. The van der Waals surface area contributed by atoms with E-state index in [0.717, 1.165) is 12.8 Å². The first-order valence-electron chi connectivity index (χ1n) is 7.79. The summed E-state index contributed by atoms with van der Waals surface area (Å²) in [5.41, 5.74) is 9.75. The summed E-state index contributed by atoms with van der Waals surface area (Å²) in [6, 6.07) is 6.60. The number of H-pyrrole nitrogens is 1. The van der Waals surface area contributed by atoms with Gasteiger partial charge in [0.2, 0.25) is 0 Å². The number of hydrogen-bond acceptors (Lipinski definition) is 2.